The molecular formula is C24H36ClNO2. The van der Waals surface area contributed by atoms with Gasteiger partial charge >= 0.3 is 0 Å². The highest BCUT2D eigenvalue weighted by Crippen LogP contribution is 2.43. The molecule has 1 aliphatic carbocycles. The Kier molecular flexibility index (Phi) is 6.96. The third-order valence-corrected chi connectivity index (χ3v) is 6.92. The highest BCUT2D eigenvalue weighted by molar-refractivity contribution is 6.30. The zero-order valence-corrected chi connectivity index (χ0v) is 18.7. The maximum atomic E-state index is 13.7. The molecule has 0 N–H and O–H groups in total. The van der Waals surface area contributed by atoms with Gasteiger partial charge in [-0.3, -0.25) is 4.79 Å². The Balaban J connectivity index is 1.76. The van der Waals surface area contributed by atoms with Gasteiger partial charge in [-0.1, -0.05) is 39.3 Å². The molecule has 156 valence electrons. The van der Waals surface area contributed by atoms with Gasteiger partial charge in [-0.05, 0) is 86.5 Å². The van der Waals surface area contributed by atoms with Crippen LogP contribution in [0.25, 0.3) is 0 Å². The Labute approximate surface area is 175 Å². The van der Waals surface area contributed by atoms with Crippen LogP contribution in [0.3, 0.4) is 0 Å². The Hall–Kier alpha value is -1.22. The molecule has 1 saturated carbocycles. The summed E-state index contributed by atoms with van der Waals surface area (Å²) in [6.45, 7) is 10.8. The van der Waals surface area contributed by atoms with Crippen molar-refractivity contribution in [1.82, 2.24) is 4.90 Å². The van der Waals surface area contributed by atoms with Crippen LogP contribution in [-0.2, 0) is 4.79 Å². The van der Waals surface area contributed by atoms with Crippen molar-refractivity contribution in [1.29, 1.82) is 0 Å². The third kappa shape index (κ3) is 5.03. The number of carbonyl (C=O) groups is 1. The van der Waals surface area contributed by atoms with Crippen molar-refractivity contribution in [3.05, 3.63) is 29.3 Å². The lowest BCUT2D eigenvalue weighted by molar-refractivity contribution is -0.150. The van der Waals surface area contributed by atoms with Gasteiger partial charge in [-0.15, -0.1) is 0 Å². The van der Waals surface area contributed by atoms with Crippen molar-refractivity contribution in [2.45, 2.75) is 71.8 Å². The average Bonchev–Trinajstić information content (AvgIpc) is 3.06. The van der Waals surface area contributed by atoms with Crippen molar-refractivity contribution in [2.24, 2.45) is 23.7 Å². The summed E-state index contributed by atoms with van der Waals surface area (Å²) in [5, 5.41) is 0.688. The monoisotopic (exact) mass is 405 g/mol. The van der Waals surface area contributed by atoms with E-state index >= 15 is 0 Å². The summed E-state index contributed by atoms with van der Waals surface area (Å²) < 4.78 is 6.47. The molecule has 0 spiro atoms. The van der Waals surface area contributed by atoms with E-state index in [-0.39, 0.29) is 5.91 Å². The molecule has 0 aromatic heterocycles. The summed E-state index contributed by atoms with van der Waals surface area (Å²) in [6, 6.07) is 7.45. The summed E-state index contributed by atoms with van der Waals surface area (Å²) in [5.41, 5.74) is -0.710. The highest BCUT2D eigenvalue weighted by atomic mass is 35.5. The summed E-state index contributed by atoms with van der Waals surface area (Å²) in [5.74, 6) is 3.58. The van der Waals surface area contributed by atoms with Crippen LogP contribution in [0.1, 0.15) is 66.2 Å². The lowest BCUT2D eigenvalue weighted by atomic mass is 9.85. The topological polar surface area (TPSA) is 29.5 Å². The summed E-state index contributed by atoms with van der Waals surface area (Å²) >= 11 is 6.04. The van der Waals surface area contributed by atoms with Crippen LogP contribution in [0.15, 0.2) is 24.3 Å². The number of halogens is 1. The molecule has 2 fully saturated rings. The van der Waals surface area contributed by atoms with Crippen LogP contribution < -0.4 is 4.74 Å². The zero-order valence-electron chi connectivity index (χ0n) is 17.9. The number of amides is 1. The van der Waals surface area contributed by atoms with Gasteiger partial charge in [0.1, 0.15) is 5.75 Å². The Morgan fingerprint density at radius 2 is 1.79 bits per heavy atom. The minimum Gasteiger partial charge on any atom is -0.477 e. The number of carbonyl (C=O) groups excluding carboxylic acids is 1. The van der Waals surface area contributed by atoms with Gasteiger partial charge < -0.3 is 9.64 Å². The number of hydrogen-bond acceptors (Lipinski definition) is 2. The van der Waals surface area contributed by atoms with E-state index in [1.54, 1.807) is 0 Å². The van der Waals surface area contributed by atoms with Gasteiger partial charge in [0.25, 0.3) is 5.91 Å². The molecule has 4 heteroatoms. The van der Waals surface area contributed by atoms with Crippen LogP contribution in [0, 0.1) is 23.7 Å². The normalized spacial score (nSPS) is 26.2. The van der Waals surface area contributed by atoms with E-state index in [4.69, 9.17) is 16.3 Å². The quantitative estimate of drug-likeness (QED) is 0.563. The van der Waals surface area contributed by atoms with Gasteiger partial charge in [0.2, 0.25) is 0 Å². The average molecular weight is 406 g/mol. The molecule has 1 aromatic carbocycles. The SMILES string of the molecule is CC(C)CC1CCC(Oc2ccc(Cl)cc2)(C(=O)N2CCC(C(C)C)CC2)C1. The van der Waals surface area contributed by atoms with E-state index in [1.165, 1.54) is 0 Å². The van der Waals surface area contributed by atoms with Gasteiger partial charge in [0, 0.05) is 18.1 Å². The van der Waals surface area contributed by atoms with E-state index in [2.05, 4.69) is 32.6 Å². The van der Waals surface area contributed by atoms with Crippen LogP contribution >= 0.6 is 11.6 Å². The maximum Gasteiger partial charge on any atom is 0.266 e. The van der Waals surface area contributed by atoms with E-state index in [1.807, 2.05) is 24.3 Å². The Morgan fingerprint density at radius 1 is 1.14 bits per heavy atom. The van der Waals surface area contributed by atoms with Crippen molar-refractivity contribution in [2.75, 3.05) is 13.1 Å². The van der Waals surface area contributed by atoms with Crippen molar-refractivity contribution < 1.29 is 9.53 Å². The molecule has 2 atom stereocenters. The molecule has 3 rings (SSSR count). The van der Waals surface area contributed by atoms with Gasteiger partial charge in [-0.2, -0.15) is 0 Å². The van der Waals surface area contributed by atoms with E-state index < -0.39 is 5.60 Å². The zero-order chi connectivity index (χ0) is 20.3. The molecule has 0 bridgehead atoms. The van der Waals surface area contributed by atoms with Gasteiger partial charge in [0.15, 0.2) is 5.60 Å². The van der Waals surface area contributed by atoms with Crippen molar-refractivity contribution >= 4 is 17.5 Å². The fraction of sp³-hybridized carbons (Fsp3) is 0.708. The smallest absolute Gasteiger partial charge is 0.266 e. The second kappa shape index (κ2) is 9.07. The minimum atomic E-state index is -0.710. The van der Waals surface area contributed by atoms with Crippen molar-refractivity contribution in [3.8, 4) is 5.75 Å². The van der Waals surface area contributed by atoms with Crippen LogP contribution in [0.2, 0.25) is 5.02 Å². The summed E-state index contributed by atoms with van der Waals surface area (Å²) in [4.78, 5) is 15.8. The third-order valence-electron chi connectivity index (χ3n) is 6.67. The molecule has 1 amide bonds. The van der Waals surface area contributed by atoms with E-state index in [0.717, 1.165) is 63.3 Å². The lowest BCUT2D eigenvalue weighted by Gasteiger charge is -2.39. The first-order valence-electron chi connectivity index (χ1n) is 11.0. The van der Waals surface area contributed by atoms with Crippen molar-refractivity contribution in [3.63, 3.8) is 0 Å². The fourth-order valence-electron chi connectivity index (χ4n) is 5.09. The first-order valence-corrected chi connectivity index (χ1v) is 11.4. The number of ether oxygens (including phenoxy) is 1. The molecule has 2 unspecified atom stereocenters. The molecule has 0 radical (unpaired) electrons. The largest absolute Gasteiger partial charge is 0.477 e. The predicted molar refractivity (Wildman–Crippen MR) is 116 cm³/mol. The van der Waals surface area contributed by atoms with Crippen LogP contribution in [0.5, 0.6) is 5.75 Å². The Morgan fingerprint density at radius 3 is 2.36 bits per heavy atom. The van der Waals surface area contributed by atoms with E-state index in [0.29, 0.717) is 22.8 Å². The summed E-state index contributed by atoms with van der Waals surface area (Å²) in [6.07, 6.45) is 6.09. The van der Waals surface area contributed by atoms with Gasteiger partial charge in [0.05, 0.1) is 0 Å². The lowest BCUT2D eigenvalue weighted by Crippen LogP contribution is -2.53. The van der Waals surface area contributed by atoms with E-state index in [9.17, 15) is 4.79 Å². The molecular weight excluding hydrogens is 370 g/mol. The summed E-state index contributed by atoms with van der Waals surface area (Å²) in [7, 11) is 0. The molecule has 28 heavy (non-hydrogen) atoms. The van der Waals surface area contributed by atoms with Crippen LogP contribution in [-0.4, -0.2) is 29.5 Å². The maximum absolute atomic E-state index is 13.7. The van der Waals surface area contributed by atoms with Gasteiger partial charge in [-0.25, -0.2) is 0 Å². The second-order valence-corrected chi connectivity index (χ2v) is 10.1. The number of benzene rings is 1. The molecule has 1 saturated heterocycles. The predicted octanol–water partition coefficient (Wildman–Crippen LogP) is 6.20. The second-order valence-electron chi connectivity index (χ2n) is 9.66. The molecule has 3 nitrogen and oxygen atoms in total. The highest BCUT2D eigenvalue weighted by Gasteiger charge is 2.50. The molecule has 2 aliphatic rings. The molecule has 1 aromatic rings. The number of rotatable bonds is 6. The number of likely N-dealkylation sites (tertiary alicyclic amines) is 1. The molecule has 1 heterocycles. The number of piperidine rings is 1. The minimum absolute atomic E-state index is 0.205. The Bertz CT molecular complexity index is 649. The number of nitrogens with zero attached hydrogens (tertiary/aromatic N) is 1. The first kappa shape index (κ1) is 21.5. The molecule has 1 aliphatic heterocycles. The van der Waals surface area contributed by atoms with Crippen LogP contribution in [0.4, 0.5) is 0 Å². The standard InChI is InChI=1S/C24H36ClNO2/c1-17(2)15-19-9-12-24(16-19,28-22-7-5-21(25)6-8-22)23(27)26-13-10-20(11-14-26)18(3)4/h5-8,17-20H,9-16H2,1-4H3. The number of hydrogen-bond donors (Lipinski definition) is 0. The first-order chi connectivity index (χ1) is 13.3. The fourth-order valence-corrected chi connectivity index (χ4v) is 5.22.